The fourth-order valence-corrected chi connectivity index (χ4v) is 2.06. The van der Waals surface area contributed by atoms with E-state index in [1.165, 1.54) is 33.5 Å². The van der Waals surface area contributed by atoms with Crippen LogP contribution >= 0.6 is 0 Å². The number of rotatable bonds is 0. The minimum atomic E-state index is 1.25. The molecule has 18 heavy (non-hydrogen) atoms. The average molecular weight is 236 g/mol. The van der Waals surface area contributed by atoms with E-state index in [0.29, 0.717) is 0 Å². The molecule has 0 heterocycles. The Hall–Kier alpha value is -1.82. The first-order valence-electron chi connectivity index (χ1n) is 6.63. The van der Waals surface area contributed by atoms with Crippen molar-refractivity contribution in [3.05, 3.63) is 60.2 Å². The molecule has 3 aromatic rings. The van der Waals surface area contributed by atoms with Gasteiger partial charge in [-0.1, -0.05) is 68.3 Å². The smallest absolute Gasteiger partial charge is 0.0175 e. The summed E-state index contributed by atoms with van der Waals surface area (Å²) in [5, 5.41) is 5.28. The zero-order valence-electron chi connectivity index (χ0n) is 11.4. The fraction of sp³-hybridized carbons (Fsp3) is 0.222. The third-order valence-electron chi connectivity index (χ3n) is 2.86. The summed E-state index contributed by atoms with van der Waals surface area (Å²) >= 11 is 0. The van der Waals surface area contributed by atoms with E-state index in [1.807, 2.05) is 0 Å². The molecule has 0 fully saturated rings. The lowest BCUT2D eigenvalue weighted by Gasteiger charge is -2.02. The molecule has 0 heteroatoms. The van der Waals surface area contributed by atoms with E-state index in [2.05, 4.69) is 75.4 Å². The van der Waals surface area contributed by atoms with Gasteiger partial charge in [-0.05, 0) is 40.6 Å². The van der Waals surface area contributed by atoms with E-state index in [4.69, 9.17) is 0 Å². The van der Waals surface area contributed by atoms with Crippen molar-refractivity contribution >= 4 is 21.5 Å². The molecule has 0 aromatic heterocycles. The van der Waals surface area contributed by atoms with Crippen LogP contribution in [-0.4, -0.2) is 0 Å². The lowest BCUT2D eigenvalue weighted by Crippen LogP contribution is -1.77. The van der Waals surface area contributed by atoms with Gasteiger partial charge in [-0.2, -0.15) is 0 Å². The summed E-state index contributed by atoms with van der Waals surface area (Å²) in [6.45, 7) is 6.38. The molecular formula is C18H20. The third kappa shape index (κ3) is 2.70. The Balaban J connectivity index is 0.000000367. The van der Waals surface area contributed by atoms with E-state index < -0.39 is 0 Å². The van der Waals surface area contributed by atoms with Crippen LogP contribution in [0.5, 0.6) is 0 Å². The van der Waals surface area contributed by atoms with E-state index in [0.717, 1.165) is 0 Å². The van der Waals surface area contributed by atoms with Crippen molar-refractivity contribution in [2.45, 2.75) is 27.2 Å². The lowest BCUT2D eigenvalue weighted by atomic mass is 10.0. The second-order valence-electron chi connectivity index (χ2n) is 4.76. The Morgan fingerprint density at radius 1 is 0.667 bits per heavy atom. The summed E-state index contributed by atoms with van der Waals surface area (Å²) in [4.78, 5) is 0. The number of hydrogen-bond acceptors (Lipinski definition) is 0. The quantitative estimate of drug-likeness (QED) is 0.438. The maximum atomic E-state index is 2.26. The van der Waals surface area contributed by atoms with Crippen molar-refractivity contribution < 1.29 is 0 Å². The molecule has 0 bridgehead atoms. The van der Waals surface area contributed by atoms with Gasteiger partial charge < -0.3 is 0 Å². The summed E-state index contributed by atoms with van der Waals surface area (Å²) in [7, 11) is 0. The predicted molar refractivity (Wildman–Crippen MR) is 82.2 cm³/mol. The average Bonchev–Trinajstić information content (AvgIpc) is 2.37. The minimum Gasteiger partial charge on any atom is -0.0656 e. The fourth-order valence-electron chi connectivity index (χ4n) is 2.06. The molecule has 0 N–H and O–H groups in total. The second kappa shape index (κ2) is 5.68. The maximum absolute atomic E-state index is 2.26. The highest BCUT2D eigenvalue weighted by molar-refractivity contribution is 5.98. The Bertz CT molecular complexity index is 650. The SMILES string of the molecule is CCC.Cc1ccc2cc3ccccc3cc2c1. The second-order valence-corrected chi connectivity index (χ2v) is 4.76. The van der Waals surface area contributed by atoms with Crippen molar-refractivity contribution in [1.82, 2.24) is 0 Å². The van der Waals surface area contributed by atoms with Crippen LogP contribution in [-0.2, 0) is 0 Å². The van der Waals surface area contributed by atoms with Gasteiger partial charge in [0.05, 0.1) is 0 Å². The third-order valence-corrected chi connectivity index (χ3v) is 2.86. The van der Waals surface area contributed by atoms with Gasteiger partial charge in [0, 0.05) is 0 Å². The normalized spacial score (nSPS) is 10.2. The molecule has 0 saturated heterocycles. The van der Waals surface area contributed by atoms with Crippen LogP contribution in [0.15, 0.2) is 54.6 Å². The molecule has 0 atom stereocenters. The summed E-state index contributed by atoms with van der Waals surface area (Å²) in [5.74, 6) is 0. The standard InChI is InChI=1S/C15H12.C3H8/c1-11-6-7-14-9-12-4-2-3-5-13(12)10-15(14)8-11;1-3-2/h2-10H,1H3;3H2,1-2H3. The molecule has 0 nitrogen and oxygen atoms in total. The van der Waals surface area contributed by atoms with Gasteiger partial charge in [0.1, 0.15) is 0 Å². The molecule has 0 radical (unpaired) electrons. The minimum absolute atomic E-state index is 1.25. The van der Waals surface area contributed by atoms with Crippen molar-refractivity contribution in [1.29, 1.82) is 0 Å². The molecule has 0 saturated carbocycles. The van der Waals surface area contributed by atoms with Crippen molar-refractivity contribution in [2.24, 2.45) is 0 Å². The van der Waals surface area contributed by atoms with Gasteiger partial charge in [-0.25, -0.2) is 0 Å². The van der Waals surface area contributed by atoms with Gasteiger partial charge in [-0.15, -0.1) is 0 Å². The first-order valence-corrected chi connectivity index (χ1v) is 6.63. The van der Waals surface area contributed by atoms with Crippen LogP contribution in [0.1, 0.15) is 25.8 Å². The van der Waals surface area contributed by atoms with Crippen molar-refractivity contribution in [3.8, 4) is 0 Å². The summed E-state index contributed by atoms with van der Waals surface area (Å²) in [6, 6.07) is 19.6. The highest BCUT2D eigenvalue weighted by atomic mass is 14.0. The number of aryl methyl sites for hydroxylation is 1. The van der Waals surface area contributed by atoms with Crippen LogP contribution in [0.4, 0.5) is 0 Å². The predicted octanol–water partition coefficient (Wildman–Crippen LogP) is 5.72. The number of fused-ring (bicyclic) bond motifs is 2. The van der Waals surface area contributed by atoms with Crippen LogP contribution in [0.25, 0.3) is 21.5 Å². The van der Waals surface area contributed by atoms with E-state index in [1.54, 1.807) is 0 Å². The zero-order valence-corrected chi connectivity index (χ0v) is 11.4. The maximum Gasteiger partial charge on any atom is -0.0175 e. The topological polar surface area (TPSA) is 0 Å². The zero-order chi connectivity index (χ0) is 13.0. The highest BCUT2D eigenvalue weighted by Gasteiger charge is 1.97. The highest BCUT2D eigenvalue weighted by Crippen LogP contribution is 2.23. The molecule has 3 rings (SSSR count). The van der Waals surface area contributed by atoms with Crippen LogP contribution in [0.2, 0.25) is 0 Å². The van der Waals surface area contributed by atoms with E-state index >= 15 is 0 Å². The van der Waals surface area contributed by atoms with Crippen LogP contribution in [0, 0.1) is 6.92 Å². The van der Waals surface area contributed by atoms with Gasteiger partial charge in [-0.3, -0.25) is 0 Å². The van der Waals surface area contributed by atoms with Crippen molar-refractivity contribution in [2.75, 3.05) is 0 Å². The molecule has 92 valence electrons. The Kier molecular flexibility index (Phi) is 3.99. The van der Waals surface area contributed by atoms with Gasteiger partial charge >= 0.3 is 0 Å². The molecule has 0 spiro atoms. The van der Waals surface area contributed by atoms with Gasteiger partial charge in [0.15, 0.2) is 0 Å². The lowest BCUT2D eigenvalue weighted by molar-refractivity contribution is 1.09. The molecule has 0 aliphatic rings. The van der Waals surface area contributed by atoms with Gasteiger partial charge in [0.2, 0.25) is 0 Å². The molecular weight excluding hydrogens is 216 g/mol. The molecule has 0 aliphatic heterocycles. The van der Waals surface area contributed by atoms with Crippen LogP contribution in [0.3, 0.4) is 0 Å². The largest absolute Gasteiger partial charge is 0.0656 e. The molecule has 0 amide bonds. The van der Waals surface area contributed by atoms with Crippen molar-refractivity contribution in [3.63, 3.8) is 0 Å². The summed E-state index contributed by atoms with van der Waals surface area (Å²) in [6.07, 6.45) is 1.25. The molecule has 0 unspecified atom stereocenters. The molecule has 3 aromatic carbocycles. The molecule has 0 aliphatic carbocycles. The Morgan fingerprint density at radius 3 is 1.78 bits per heavy atom. The number of benzene rings is 3. The first-order chi connectivity index (χ1) is 8.74. The summed E-state index contributed by atoms with van der Waals surface area (Å²) < 4.78 is 0. The number of hydrogen-bond donors (Lipinski definition) is 0. The monoisotopic (exact) mass is 236 g/mol. The first kappa shape index (κ1) is 12.6. The summed E-state index contributed by atoms with van der Waals surface area (Å²) in [5.41, 5.74) is 1.32. The van der Waals surface area contributed by atoms with Gasteiger partial charge in [0.25, 0.3) is 0 Å². The Labute approximate surface area is 109 Å². The van der Waals surface area contributed by atoms with Crippen LogP contribution < -0.4 is 0 Å². The van der Waals surface area contributed by atoms with E-state index in [9.17, 15) is 0 Å². The Morgan fingerprint density at radius 2 is 1.17 bits per heavy atom. The van der Waals surface area contributed by atoms with E-state index in [-0.39, 0.29) is 0 Å².